The number of anilines is 1. The number of unbranched alkanes of at least 4 members (excludes halogenated alkanes) is 2. The van der Waals surface area contributed by atoms with Crippen molar-refractivity contribution < 1.29 is 23.8 Å². The molecule has 2 N–H and O–H groups in total. The van der Waals surface area contributed by atoms with Crippen LogP contribution < -0.4 is 10.1 Å². The van der Waals surface area contributed by atoms with E-state index in [9.17, 15) is 9.90 Å². The fourth-order valence-electron chi connectivity index (χ4n) is 7.62. The van der Waals surface area contributed by atoms with Gasteiger partial charge in [0.15, 0.2) is 11.6 Å². The smallest absolute Gasteiger partial charge is 0.325 e. The van der Waals surface area contributed by atoms with Crippen LogP contribution in [0.1, 0.15) is 86.2 Å². The number of ether oxygens (including phenoxy) is 2. The average Bonchev–Trinajstić information content (AvgIpc) is 3.71. The summed E-state index contributed by atoms with van der Waals surface area (Å²) in [6.45, 7) is 3.41. The van der Waals surface area contributed by atoms with Gasteiger partial charge in [-0.1, -0.05) is 12.5 Å². The number of carboxylic acids is 1. The summed E-state index contributed by atoms with van der Waals surface area (Å²) in [7, 11) is 1.41. The predicted octanol–water partition coefficient (Wildman–Crippen LogP) is 5.34. The lowest BCUT2D eigenvalue weighted by Crippen LogP contribution is -2.34. The number of aliphatic carboxylic acids is 1. The van der Waals surface area contributed by atoms with Crippen LogP contribution >= 0.6 is 0 Å². The minimum atomic E-state index is -0.988. The number of nitrogens with one attached hydrogen (secondary N) is 1. The lowest BCUT2D eigenvalue weighted by Gasteiger charge is -2.28. The number of halogens is 1. The molecule has 8 nitrogen and oxygen atoms in total. The molecule has 0 saturated carbocycles. The van der Waals surface area contributed by atoms with Crippen LogP contribution in [0.2, 0.25) is 0 Å². The largest absolute Gasteiger partial charge is 0.493 e. The topological polar surface area (TPSA) is 87.2 Å². The maximum absolute atomic E-state index is 15.2. The third-order valence-corrected chi connectivity index (χ3v) is 9.76. The Hall–Kier alpha value is -2.75. The molecule has 1 aromatic heterocycles. The normalized spacial score (nSPS) is 24.5. The zero-order valence-corrected chi connectivity index (χ0v) is 24.8. The number of likely N-dealkylation sites (tertiary alicyclic amines) is 1. The van der Waals surface area contributed by atoms with E-state index < -0.39 is 17.8 Å². The molecule has 2 bridgehead atoms. The maximum atomic E-state index is 15.2. The van der Waals surface area contributed by atoms with Crippen molar-refractivity contribution in [2.24, 2.45) is 0 Å². The van der Waals surface area contributed by atoms with Gasteiger partial charge >= 0.3 is 5.97 Å². The van der Waals surface area contributed by atoms with Crippen LogP contribution in [0.25, 0.3) is 0 Å². The van der Waals surface area contributed by atoms with Crippen molar-refractivity contribution in [2.45, 2.75) is 101 Å². The molecule has 2 atom stereocenters. The monoisotopic (exact) mass is 580 g/mol. The van der Waals surface area contributed by atoms with Crippen molar-refractivity contribution in [1.82, 2.24) is 14.8 Å². The number of hydrogen-bond donors (Lipinski definition) is 2. The second kappa shape index (κ2) is 13.3. The third kappa shape index (κ3) is 6.43. The Labute approximate surface area is 248 Å². The highest BCUT2D eigenvalue weighted by atomic mass is 19.1. The van der Waals surface area contributed by atoms with Crippen molar-refractivity contribution in [3.05, 3.63) is 52.5 Å². The average molecular weight is 581 g/mol. The summed E-state index contributed by atoms with van der Waals surface area (Å²) >= 11 is 0. The number of aryl methyl sites for hydroxylation is 2. The zero-order valence-electron chi connectivity index (χ0n) is 24.8. The van der Waals surface area contributed by atoms with E-state index >= 15 is 4.39 Å². The summed E-state index contributed by atoms with van der Waals surface area (Å²) in [6, 6.07) is 7.90. The Bertz CT molecular complexity index is 1240. The molecule has 42 heavy (non-hydrogen) atoms. The van der Waals surface area contributed by atoms with Crippen molar-refractivity contribution in [2.75, 3.05) is 38.7 Å². The first-order chi connectivity index (χ1) is 20.5. The number of carboxylic acid groups (broad SMARTS) is 1. The summed E-state index contributed by atoms with van der Waals surface area (Å²) in [5.41, 5.74) is 3.68. The van der Waals surface area contributed by atoms with Gasteiger partial charge in [-0.2, -0.15) is 0 Å². The summed E-state index contributed by atoms with van der Waals surface area (Å²) in [5, 5.41) is 13.7. The van der Waals surface area contributed by atoms with Crippen molar-refractivity contribution in [1.29, 1.82) is 0 Å². The SMILES string of the molecule is COc1c(F)cc(CN2C3CCC2CC3)cc1[C@H](C(=O)O)N1CC[C@@H](OCCCCCc2ccc3c(n2)NCCC3)C1. The van der Waals surface area contributed by atoms with Gasteiger partial charge in [0.25, 0.3) is 0 Å². The fourth-order valence-corrected chi connectivity index (χ4v) is 7.62. The second-order valence-electron chi connectivity index (χ2n) is 12.5. The van der Waals surface area contributed by atoms with E-state index in [0.717, 1.165) is 62.1 Å². The standard InChI is InChI=1S/C33H45FN4O4/c1-41-31-28(18-22(19-29(31)34)20-38-25-10-11-26(38)13-12-25)30(33(39)40)37-16-14-27(21-37)42-17-4-2-3-7-24-9-8-23-6-5-15-35-32(23)36-24/h8-9,18-19,25-27,30H,2-7,10-17,20-21H2,1H3,(H,35,36)(H,39,40)/t25?,26?,27-,30-/m1/s1. The lowest BCUT2D eigenvalue weighted by atomic mass is 10.00. The quantitative estimate of drug-likeness (QED) is 0.307. The first-order valence-electron chi connectivity index (χ1n) is 15.9. The zero-order chi connectivity index (χ0) is 29.1. The van der Waals surface area contributed by atoms with Crippen LogP contribution in [0.5, 0.6) is 5.75 Å². The first-order valence-corrected chi connectivity index (χ1v) is 15.9. The molecule has 4 aliphatic rings. The number of pyridine rings is 1. The molecule has 3 saturated heterocycles. The van der Waals surface area contributed by atoms with Crippen molar-refractivity contribution in [3.63, 3.8) is 0 Å². The Kier molecular flexibility index (Phi) is 9.26. The summed E-state index contributed by atoms with van der Waals surface area (Å²) < 4.78 is 26.8. The molecule has 6 rings (SSSR count). The predicted molar refractivity (Wildman–Crippen MR) is 159 cm³/mol. The highest BCUT2D eigenvalue weighted by Gasteiger charge is 2.40. The molecule has 0 radical (unpaired) electrons. The Morgan fingerprint density at radius 2 is 1.95 bits per heavy atom. The van der Waals surface area contributed by atoms with E-state index in [1.807, 2.05) is 11.0 Å². The van der Waals surface area contributed by atoms with Gasteiger partial charge in [0.1, 0.15) is 11.9 Å². The van der Waals surface area contributed by atoms with Crippen LogP contribution in [-0.2, 0) is 28.9 Å². The number of hydrogen-bond acceptors (Lipinski definition) is 7. The second-order valence-corrected chi connectivity index (χ2v) is 12.5. The highest BCUT2D eigenvalue weighted by molar-refractivity contribution is 5.77. The van der Waals surface area contributed by atoms with Gasteiger partial charge in [-0.3, -0.25) is 14.6 Å². The van der Waals surface area contributed by atoms with Crippen LogP contribution in [0.4, 0.5) is 10.2 Å². The van der Waals surface area contributed by atoms with Gasteiger partial charge in [0, 0.05) is 56.1 Å². The van der Waals surface area contributed by atoms with Gasteiger partial charge in [-0.25, -0.2) is 9.37 Å². The molecule has 9 heteroatoms. The molecule has 0 amide bonds. The van der Waals surface area contributed by atoms with E-state index in [4.69, 9.17) is 14.5 Å². The van der Waals surface area contributed by atoms with Crippen LogP contribution in [-0.4, -0.2) is 77.4 Å². The third-order valence-electron chi connectivity index (χ3n) is 9.76. The number of aromatic nitrogens is 1. The van der Waals surface area contributed by atoms with Gasteiger partial charge in [0.05, 0.1) is 13.2 Å². The molecule has 4 aliphatic heterocycles. The first kappa shape index (κ1) is 29.3. The van der Waals surface area contributed by atoms with Gasteiger partial charge in [-0.15, -0.1) is 0 Å². The molecular formula is C33H45FN4O4. The number of nitrogens with zero attached hydrogens (tertiary/aromatic N) is 3. The molecular weight excluding hydrogens is 535 g/mol. The molecule has 0 aliphatic carbocycles. The van der Waals surface area contributed by atoms with Crippen LogP contribution in [0.3, 0.4) is 0 Å². The maximum Gasteiger partial charge on any atom is 0.325 e. The Balaban J connectivity index is 1.01. The number of methoxy groups -OCH3 is 1. The molecule has 1 aromatic carbocycles. The highest BCUT2D eigenvalue weighted by Crippen LogP contribution is 2.40. The molecule has 228 valence electrons. The number of fused-ring (bicyclic) bond motifs is 3. The number of benzene rings is 1. The summed E-state index contributed by atoms with van der Waals surface area (Å²) in [6.07, 6.45) is 11.9. The summed E-state index contributed by atoms with van der Waals surface area (Å²) in [4.78, 5) is 21.8. The number of carbonyl (C=O) groups is 1. The molecule has 0 spiro atoms. The Morgan fingerprint density at radius 3 is 2.71 bits per heavy atom. The van der Waals surface area contributed by atoms with Gasteiger partial charge < -0.3 is 19.9 Å². The minimum Gasteiger partial charge on any atom is -0.493 e. The molecule has 0 unspecified atom stereocenters. The van der Waals surface area contributed by atoms with E-state index in [2.05, 4.69) is 22.3 Å². The van der Waals surface area contributed by atoms with Crippen molar-refractivity contribution in [3.8, 4) is 5.75 Å². The van der Waals surface area contributed by atoms with Gasteiger partial charge in [-0.05, 0) is 93.5 Å². The lowest BCUT2D eigenvalue weighted by molar-refractivity contribution is -0.143. The van der Waals surface area contributed by atoms with Crippen LogP contribution in [0, 0.1) is 5.82 Å². The molecule has 2 aromatic rings. The van der Waals surface area contributed by atoms with E-state index in [1.54, 1.807) is 0 Å². The molecule has 3 fully saturated rings. The summed E-state index contributed by atoms with van der Waals surface area (Å²) in [5.74, 6) is -0.392. The number of rotatable bonds is 13. The van der Waals surface area contributed by atoms with Crippen LogP contribution in [0.15, 0.2) is 24.3 Å². The van der Waals surface area contributed by atoms with Gasteiger partial charge in [0.2, 0.25) is 0 Å². The molecule has 5 heterocycles. The minimum absolute atomic E-state index is 0.0283. The van der Waals surface area contributed by atoms with E-state index in [1.165, 1.54) is 50.8 Å². The van der Waals surface area contributed by atoms with E-state index in [0.29, 0.717) is 43.9 Å². The Morgan fingerprint density at radius 1 is 1.14 bits per heavy atom. The van der Waals surface area contributed by atoms with E-state index in [-0.39, 0.29) is 11.9 Å². The van der Waals surface area contributed by atoms with Crippen molar-refractivity contribution >= 4 is 11.8 Å². The fraction of sp³-hybridized carbons (Fsp3) is 0.636.